The largest absolute Gasteiger partial charge is 0.0622 e. The standard InChI is InChI=1S/C16H13Br/c1-11-9-13-7-8-14(17)10-15(13)16(11)12-5-3-2-4-6-12/h2-8,10H,9H2,1H3. The lowest BCUT2D eigenvalue weighted by molar-refractivity contribution is 1.19. The topological polar surface area (TPSA) is 0 Å². The van der Waals surface area contributed by atoms with Crippen molar-refractivity contribution in [3.63, 3.8) is 0 Å². The van der Waals surface area contributed by atoms with Gasteiger partial charge in [-0.05, 0) is 47.7 Å². The van der Waals surface area contributed by atoms with Gasteiger partial charge in [-0.2, -0.15) is 0 Å². The van der Waals surface area contributed by atoms with Crippen molar-refractivity contribution >= 4 is 21.5 Å². The lowest BCUT2D eigenvalue weighted by atomic mass is 9.98. The van der Waals surface area contributed by atoms with Crippen LogP contribution in [0.2, 0.25) is 0 Å². The molecule has 1 aliphatic carbocycles. The Kier molecular flexibility index (Phi) is 2.64. The Morgan fingerprint density at radius 3 is 2.53 bits per heavy atom. The number of allylic oxidation sites excluding steroid dienone is 1. The van der Waals surface area contributed by atoms with Gasteiger partial charge >= 0.3 is 0 Å². The molecule has 0 radical (unpaired) electrons. The molecule has 0 aromatic heterocycles. The van der Waals surface area contributed by atoms with Crippen LogP contribution in [0.25, 0.3) is 5.57 Å². The lowest BCUT2D eigenvalue weighted by Gasteiger charge is -2.07. The second-order valence-electron chi connectivity index (χ2n) is 4.50. The minimum absolute atomic E-state index is 1.08. The summed E-state index contributed by atoms with van der Waals surface area (Å²) in [6.45, 7) is 2.23. The van der Waals surface area contributed by atoms with Gasteiger partial charge in [-0.3, -0.25) is 0 Å². The summed E-state index contributed by atoms with van der Waals surface area (Å²) in [5.74, 6) is 0. The molecule has 0 bridgehead atoms. The number of benzene rings is 2. The quantitative estimate of drug-likeness (QED) is 0.704. The molecular weight excluding hydrogens is 272 g/mol. The Morgan fingerprint density at radius 1 is 1.00 bits per heavy atom. The Morgan fingerprint density at radius 2 is 1.76 bits per heavy atom. The monoisotopic (exact) mass is 284 g/mol. The normalized spacial score (nSPS) is 14.0. The van der Waals surface area contributed by atoms with Gasteiger partial charge in [-0.1, -0.05) is 57.9 Å². The predicted molar refractivity (Wildman–Crippen MR) is 76.0 cm³/mol. The third-order valence-corrected chi connectivity index (χ3v) is 3.78. The molecule has 0 fully saturated rings. The first-order chi connectivity index (χ1) is 8.25. The van der Waals surface area contributed by atoms with Gasteiger partial charge in [0, 0.05) is 4.47 Å². The molecule has 0 aliphatic heterocycles. The summed E-state index contributed by atoms with van der Waals surface area (Å²) in [4.78, 5) is 0. The molecule has 1 aliphatic rings. The molecule has 0 N–H and O–H groups in total. The summed E-state index contributed by atoms with van der Waals surface area (Å²) < 4.78 is 1.15. The number of rotatable bonds is 1. The van der Waals surface area contributed by atoms with Gasteiger partial charge in [0.2, 0.25) is 0 Å². The maximum atomic E-state index is 3.56. The highest BCUT2D eigenvalue weighted by molar-refractivity contribution is 9.10. The SMILES string of the molecule is CC1=C(c2ccccc2)c2cc(Br)ccc2C1. The molecule has 0 atom stereocenters. The van der Waals surface area contributed by atoms with Crippen LogP contribution in [-0.4, -0.2) is 0 Å². The number of hydrogen-bond donors (Lipinski definition) is 0. The van der Waals surface area contributed by atoms with E-state index in [9.17, 15) is 0 Å². The molecule has 0 spiro atoms. The molecule has 0 amide bonds. The first kappa shape index (κ1) is 10.8. The molecule has 0 saturated carbocycles. The van der Waals surface area contributed by atoms with Crippen molar-refractivity contribution in [2.45, 2.75) is 13.3 Å². The van der Waals surface area contributed by atoms with Crippen molar-refractivity contribution in [1.82, 2.24) is 0 Å². The van der Waals surface area contributed by atoms with E-state index in [1.807, 2.05) is 0 Å². The maximum absolute atomic E-state index is 3.56. The van der Waals surface area contributed by atoms with Gasteiger partial charge in [0.25, 0.3) is 0 Å². The van der Waals surface area contributed by atoms with Gasteiger partial charge in [0.05, 0.1) is 0 Å². The fourth-order valence-electron chi connectivity index (χ4n) is 2.55. The Bertz CT molecular complexity index is 594. The van der Waals surface area contributed by atoms with Crippen molar-refractivity contribution in [2.24, 2.45) is 0 Å². The van der Waals surface area contributed by atoms with Gasteiger partial charge in [-0.15, -0.1) is 0 Å². The van der Waals surface area contributed by atoms with Gasteiger partial charge in [0.1, 0.15) is 0 Å². The van der Waals surface area contributed by atoms with E-state index < -0.39 is 0 Å². The van der Waals surface area contributed by atoms with E-state index in [4.69, 9.17) is 0 Å². The molecule has 17 heavy (non-hydrogen) atoms. The van der Waals surface area contributed by atoms with Crippen LogP contribution in [0, 0.1) is 0 Å². The summed E-state index contributed by atoms with van der Waals surface area (Å²) in [7, 11) is 0. The van der Waals surface area contributed by atoms with E-state index in [2.05, 4.69) is 71.4 Å². The third-order valence-electron chi connectivity index (χ3n) is 3.29. The van der Waals surface area contributed by atoms with Crippen LogP contribution < -0.4 is 0 Å². The molecule has 0 heterocycles. The highest BCUT2D eigenvalue weighted by atomic mass is 79.9. The molecule has 0 saturated heterocycles. The number of hydrogen-bond acceptors (Lipinski definition) is 0. The zero-order valence-electron chi connectivity index (χ0n) is 9.70. The molecule has 84 valence electrons. The second-order valence-corrected chi connectivity index (χ2v) is 5.42. The molecule has 2 aromatic carbocycles. The molecule has 1 heteroatoms. The third kappa shape index (κ3) is 1.85. The minimum atomic E-state index is 1.08. The van der Waals surface area contributed by atoms with Crippen LogP contribution in [-0.2, 0) is 6.42 Å². The summed E-state index contributed by atoms with van der Waals surface area (Å²) >= 11 is 3.56. The summed E-state index contributed by atoms with van der Waals surface area (Å²) in [5.41, 5.74) is 7.00. The molecule has 0 unspecified atom stereocenters. The molecule has 3 rings (SSSR count). The van der Waals surface area contributed by atoms with Gasteiger partial charge < -0.3 is 0 Å². The minimum Gasteiger partial charge on any atom is -0.0622 e. The average molecular weight is 285 g/mol. The fourth-order valence-corrected chi connectivity index (χ4v) is 2.91. The Balaban J connectivity index is 2.19. The van der Waals surface area contributed by atoms with Crippen molar-refractivity contribution < 1.29 is 0 Å². The van der Waals surface area contributed by atoms with Crippen LogP contribution in [0.15, 0.2) is 58.6 Å². The van der Waals surface area contributed by atoms with Crippen LogP contribution >= 0.6 is 15.9 Å². The van der Waals surface area contributed by atoms with Crippen LogP contribution in [0.3, 0.4) is 0 Å². The van der Waals surface area contributed by atoms with Crippen molar-refractivity contribution in [2.75, 3.05) is 0 Å². The van der Waals surface area contributed by atoms with Crippen LogP contribution in [0.4, 0.5) is 0 Å². The van der Waals surface area contributed by atoms with E-state index >= 15 is 0 Å². The zero-order valence-corrected chi connectivity index (χ0v) is 11.3. The summed E-state index contributed by atoms with van der Waals surface area (Å²) in [6, 6.07) is 17.2. The smallest absolute Gasteiger partial charge is 0.0181 e. The van der Waals surface area contributed by atoms with E-state index in [0.717, 1.165) is 10.9 Å². The number of halogens is 1. The van der Waals surface area contributed by atoms with Gasteiger partial charge in [-0.25, -0.2) is 0 Å². The van der Waals surface area contributed by atoms with E-state index in [1.165, 1.54) is 27.8 Å². The van der Waals surface area contributed by atoms with E-state index in [1.54, 1.807) is 0 Å². The highest BCUT2D eigenvalue weighted by Gasteiger charge is 2.19. The van der Waals surface area contributed by atoms with Crippen LogP contribution in [0.1, 0.15) is 23.6 Å². The van der Waals surface area contributed by atoms with E-state index in [-0.39, 0.29) is 0 Å². The second kappa shape index (κ2) is 4.15. The number of fused-ring (bicyclic) bond motifs is 1. The molecular formula is C16H13Br. The van der Waals surface area contributed by atoms with Crippen LogP contribution in [0.5, 0.6) is 0 Å². The fraction of sp³-hybridized carbons (Fsp3) is 0.125. The lowest BCUT2D eigenvalue weighted by Crippen LogP contribution is -1.87. The van der Waals surface area contributed by atoms with Crippen molar-refractivity contribution in [3.05, 3.63) is 75.3 Å². The predicted octanol–water partition coefficient (Wildman–Crippen LogP) is 4.83. The first-order valence-electron chi connectivity index (χ1n) is 5.79. The average Bonchev–Trinajstić information content (AvgIpc) is 2.65. The Hall–Kier alpha value is -1.34. The summed E-state index contributed by atoms with van der Waals surface area (Å²) in [5, 5.41) is 0. The van der Waals surface area contributed by atoms with Gasteiger partial charge in [0.15, 0.2) is 0 Å². The maximum Gasteiger partial charge on any atom is 0.0181 e. The van der Waals surface area contributed by atoms with E-state index in [0.29, 0.717) is 0 Å². The molecule has 2 aromatic rings. The first-order valence-corrected chi connectivity index (χ1v) is 6.59. The molecule has 0 nitrogen and oxygen atoms in total. The highest BCUT2D eigenvalue weighted by Crippen LogP contribution is 2.38. The Labute approximate surface area is 110 Å². The zero-order chi connectivity index (χ0) is 11.8. The summed E-state index contributed by atoms with van der Waals surface area (Å²) in [6.07, 6.45) is 1.08. The van der Waals surface area contributed by atoms with Crippen molar-refractivity contribution in [3.8, 4) is 0 Å². The van der Waals surface area contributed by atoms with Crippen molar-refractivity contribution in [1.29, 1.82) is 0 Å².